The molecule has 18 heavy (non-hydrogen) atoms. The van der Waals surface area contributed by atoms with Crippen molar-refractivity contribution in [3.63, 3.8) is 0 Å². The Labute approximate surface area is 101 Å². The van der Waals surface area contributed by atoms with Gasteiger partial charge in [-0.2, -0.15) is 13.2 Å². The van der Waals surface area contributed by atoms with Crippen LogP contribution < -0.4 is 10.5 Å². The molecule has 0 fully saturated rings. The summed E-state index contributed by atoms with van der Waals surface area (Å²) in [6, 6.07) is 4.10. The second-order valence-electron chi connectivity index (χ2n) is 3.38. The molecule has 100 valence electrons. The molecule has 4 nitrogen and oxygen atoms in total. The van der Waals surface area contributed by atoms with E-state index >= 15 is 0 Å². The van der Waals surface area contributed by atoms with Gasteiger partial charge >= 0.3 is 12.1 Å². The number of rotatable bonds is 4. The Morgan fingerprint density at radius 1 is 1.39 bits per heavy atom. The number of ether oxygens (including phenoxy) is 2. The van der Waals surface area contributed by atoms with Crippen molar-refractivity contribution in [1.82, 2.24) is 0 Å². The zero-order valence-electron chi connectivity index (χ0n) is 9.58. The zero-order valence-corrected chi connectivity index (χ0v) is 9.58. The summed E-state index contributed by atoms with van der Waals surface area (Å²) >= 11 is 0. The number of nitrogens with two attached hydrogens (primary N) is 1. The number of carbonyl (C=O) groups is 1. The monoisotopic (exact) mass is 263 g/mol. The average Bonchev–Trinajstić information content (AvgIpc) is 2.27. The standard InChI is InChI=1S/C11H12F3NO3/c1-2-17-9-4-3-7(15)5-8(9)10(16)18-6-11(12,13)14/h3-5H,2,6,15H2,1H3. The van der Waals surface area contributed by atoms with Crippen LogP contribution in [0.15, 0.2) is 18.2 Å². The number of halogens is 3. The fourth-order valence-electron chi connectivity index (χ4n) is 1.21. The van der Waals surface area contributed by atoms with Crippen LogP contribution in [0.3, 0.4) is 0 Å². The topological polar surface area (TPSA) is 61.5 Å². The Morgan fingerprint density at radius 3 is 2.61 bits per heavy atom. The van der Waals surface area contributed by atoms with Crippen molar-refractivity contribution in [2.45, 2.75) is 13.1 Å². The quantitative estimate of drug-likeness (QED) is 0.669. The maximum absolute atomic E-state index is 11.9. The first-order chi connectivity index (χ1) is 8.33. The molecular weight excluding hydrogens is 251 g/mol. The van der Waals surface area contributed by atoms with Gasteiger partial charge in [-0.3, -0.25) is 0 Å². The van der Waals surface area contributed by atoms with Gasteiger partial charge in [0, 0.05) is 5.69 Å². The third-order valence-corrected chi connectivity index (χ3v) is 1.89. The van der Waals surface area contributed by atoms with Crippen LogP contribution in [0.2, 0.25) is 0 Å². The molecule has 0 saturated heterocycles. The maximum Gasteiger partial charge on any atom is 0.422 e. The fourth-order valence-corrected chi connectivity index (χ4v) is 1.21. The highest BCUT2D eigenvalue weighted by Crippen LogP contribution is 2.23. The van der Waals surface area contributed by atoms with Gasteiger partial charge in [-0.15, -0.1) is 0 Å². The van der Waals surface area contributed by atoms with Crippen molar-refractivity contribution >= 4 is 11.7 Å². The molecule has 0 atom stereocenters. The summed E-state index contributed by atoms with van der Waals surface area (Å²) < 4.78 is 45.0. The lowest BCUT2D eigenvalue weighted by atomic mass is 10.2. The molecule has 0 aliphatic carbocycles. The van der Waals surface area contributed by atoms with Crippen molar-refractivity contribution in [3.8, 4) is 5.75 Å². The molecule has 1 rings (SSSR count). The normalized spacial score (nSPS) is 11.1. The number of esters is 1. The van der Waals surface area contributed by atoms with Crippen molar-refractivity contribution < 1.29 is 27.4 Å². The predicted molar refractivity (Wildman–Crippen MR) is 58.4 cm³/mol. The first-order valence-electron chi connectivity index (χ1n) is 5.09. The lowest BCUT2D eigenvalue weighted by Crippen LogP contribution is -2.20. The van der Waals surface area contributed by atoms with E-state index in [4.69, 9.17) is 10.5 Å². The van der Waals surface area contributed by atoms with Crippen molar-refractivity contribution in [2.24, 2.45) is 0 Å². The molecule has 0 saturated carbocycles. The molecule has 0 unspecified atom stereocenters. The molecule has 0 aromatic heterocycles. The molecule has 0 amide bonds. The molecule has 0 aliphatic rings. The Bertz CT molecular complexity index is 432. The highest BCUT2D eigenvalue weighted by Gasteiger charge is 2.30. The second kappa shape index (κ2) is 5.61. The lowest BCUT2D eigenvalue weighted by molar-refractivity contribution is -0.161. The summed E-state index contributed by atoms with van der Waals surface area (Å²) in [4.78, 5) is 11.5. The number of nitrogen functional groups attached to an aromatic ring is 1. The van der Waals surface area contributed by atoms with E-state index < -0.39 is 18.8 Å². The van der Waals surface area contributed by atoms with Crippen LogP contribution in [0.1, 0.15) is 17.3 Å². The number of alkyl halides is 3. The van der Waals surface area contributed by atoms with Gasteiger partial charge in [-0.25, -0.2) is 4.79 Å². The predicted octanol–water partition coefficient (Wildman–Crippen LogP) is 2.39. The smallest absolute Gasteiger partial charge is 0.422 e. The van der Waals surface area contributed by atoms with Crippen LogP contribution in [0.25, 0.3) is 0 Å². The molecule has 0 heterocycles. The molecule has 1 aromatic rings. The molecule has 0 spiro atoms. The zero-order chi connectivity index (χ0) is 13.8. The number of hydrogen-bond donors (Lipinski definition) is 1. The van der Waals surface area contributed by atoms with Crippen LogP contribution >= 0.6 is 0 Å². The highest BCUT2D eigenvalue weighted by molar-refractivity contribution is 5.93. The minimum atomic E-state index is -4.57. The van der Waals surface area contributed by atoms with Crippen LogP contribution in [0.5, 0.6) is 5.75 Å². The maximum atomic E-state index is 11.9. The van der Waals surface area contributed by atoms with E-state index in [1.165, 1.54) is 18.2 Å². The molecule has 0 bridgehead atoms. The van der Waals surface area contributed by atoms with Gasteiger partial charge in [0.1, 0.15) is 11.3 Å². The van der Waals surface area contributed by atoms with E-state index in [0.29, 0.717) is 0 Å². The number of carbonyl (C=O) groups excluding carboxylic acids is 1. The fraction of sp³-hybridized carbons (Fsp3) is 0.364. The van der Waals surface area contributed by atoms with E-state index in [-0.39, 0.29) is 23.6 Å². The summed E-state index contributed by atoms with van der Waals surface area (Å²) in [5.74, 6) is -0.984. The molecular formula is C11H12F3NO3. The molecule has 0 aliphatic heterocycles. The van der Waals surface area contributed by atoms with Gasteiger partial charge in [0.25, 0.3) is 0 Å². The van der Waals surface area contributed by atoms with Crippen LogP contribution in [0.4, 0.5) is 18.9 Å². The average molecular weight is 263 g/mol. The largest absolute Gasteiger partial charge is 0.493 e. The third kappa shape index (κ3) is 4.15. The first-order valence-corrected chi connectivity index (χ1v) is 5.09. The number of anilines is 1. The van der Waals surface area contributed by atoms with Crippen molar-refractivity contribution in [2.75, 3.05) is 18.9 Å². The second-order valence-corrected chi connectivity index (χ2v) is 3.38. The number of hydrogen-bond acceptors (Lipinski definition) is 4. The highest BCUT2D eigenvalue weighted by atomic mass is 19.4. The summed E-state index contributed by atoms with van der Waals surface area (Å²) in [6.07, 6.45) is -4.57. The Balaban J connectivity index is 2.86. The van der Waals surface area contributed by atoms with Crippen LogP contribution in [-0.4, -0.2) is 25.4 Å². The van der Waals surface area contributed by atoms with Gasteiger partial charge < -0.3 is 15.2 Å². The first kappa shape index (κ1) is 14.1. The van der Waals surface area contributed by atoms with E-state index in [0.717, 1.165) is 0 Å². The van der Waals surface area contributed by atoms with Gasteiger partial charge in [-0.1, -0.05) is 0 Å². The van der Waals surface area contributed by atoms with Gasteiger partial charge in [0.2, 0.25) is 0 Å². The SMILES string of the molecule is CCOc1ccc(N)cc1C(=O)OCC(F)(F)F. The van der Waals surface area contributed by atoms with Gasteiger partial charge in [-0.05, 0) is 25.1 Å². The van der Waals surface area contributed by atoms with E-state index in [9.17, 15) is 18.0 Å². The Kier molecular flexibility index (Phi) is 4.41. The summed E-state index contributed by atoms with van der Waals surface area (Å²) in [6.45, 7) is 0.302. The molecule has 7 heteroatoms. The molecule has 0 radical (unpaired) electrons. The minimum absolute atomic E-state index is 0.124. The van der Waals surface area contributed by atoms with Gasteiger partial charge in [0.15, 0.2) is 6.61 Å². The summed E-state index contributed by atoms with van der Waals surface area (Å²) in [5.41, 5.74) is 5.57. The van der Waals surface area contributed by atoms with E-state index in [1.807, 2.05) is 0 Å². The van der Waals surface area contributed by atoms with Crippen molar-refractivity contribution in [3.05, 3.63) is 23.8 Å². The van der Waals surface area contributed by atoms with Crippen LogP contribution in [-0.2, 0) is 4.74 Å². The lowest BCUT2D eigenvalue weighted by Gasteiger charge is -2.11. The van der Waals surface area contributed by atoms with Gasteiger partial charge in [0.05, 0.1) is 6.61 Å². The minimum Gasteiger partial charge on any atom is -0.493 e. The van der Waals surface area contributed by atoms with Crippen molar-refractivity contribution in [1.29, 1.82) is 0 Å². The van der Waals surface area contributed by atoms with E-state index in [2.05, 4.69) is 4.74 Å². The van der Waals surface area contributed by atoms with Crippen LogP contribution in [0, 0.1) is 0 Å². The molecule has 1 aromatic carbocycles. The third-order valence-electron chi connectivity index (χ3n) is 1.89. The Hall–Kier alpha value is -1.92. The number of benzene rings is 1. The summed E-state index contributed by atoms with van der Waals surface area (Å²) in [5, 5.41) is 0. The summed E-state index contributed by atoms with van der Waals surface area (Å²) in [7, 11) is 0. The Morgan fingerprint density at radius 2 is 2.06 bits per heavy atom. The molecule has 2 N–H and O–H groups in total. The van der Waals surface area contributed by atoms with E-state index in [1.54, 1.807) is 6.92 Å².